The Labute approximate surface area is 158 Å². The molecular weight excluding hydrogens is 346 g/mol. The van der Waals surface area contributed by atoms with Gasteiger partial charge >= 0.3 is 12.0 Å². The third kappa shape index (κ3) is 4.38. The molecular formula is C20H23N3O4. The Bertz CT molecular complexity index is 790. The van der Waals surface area contributed by atoms with Crippen LogP contribution in [0.5, 0.6) is 5.75 Å². The van der Waals surface area contributed by atoms with Crippen LogP contribution in [0.15, 0.2) is 48.5 Å². The van der Waals surface area contributed by atoms with Crippen LogP contribution in [0.2, 0.25) is 0 Å². The minimum atomic E-state index is -0.443. The van der Waals surface area contributed by atoms with Crippen molar-refractivity contribution < 1.29 is 19.1 Å². The van der Waals surface area contributed by atoms with Crippen LogP contribution in [0.1, 0.15) is 5.56 Å². The first-order valence-corrected chi connectivity index (χ1v) is 8.80. The lowest BCUT2D eigenvalue weighted by molar-refractivity contribution is -0.142. The van der Waals surface area contributed by atoms with Gasteiger partial charge in [0.25, 0.3) is 0 Å². The van der Waals surface area contributed by atoms with Crippen molar-refractivity contribution in [2.45, 2.75) is 6.42 Å². The number of hydrogen-bond donors (Lipinski definition) is 1. The van der Waals surface area contributed by atoms with E-state index in [1.54, 1.807) is 34.1 Å². The highest BCUT2D eigenvalue weighted by molar-refractivity contribution is 6.06. The summed E-state index contributed by atoms with van der Waals surface area (Å²) in [6.45, 7) is 1.68. The van der Waals surface area contributed by atoms with Gasteiger partial charge in [-0.05, 0) is 54.9 Å². The molecule has 0 atom stereocenters. The lowest BCUT2D eigenvalue weighted by atomic mass is 10.1. The van der Waals surface area contributed by atoms with Crippen molar-refractivity contribution in [1.82, 2.24) is 0 Å². The molecule has 3 rings (SSSR count). The normalized spacial score (nSPS) is 13.8. The second-order valence-electron chi connectivity index (χ2n) is 6.15. The van der Waals surface area contributed by atoms with Crippen molar-refractivity contribution in [2.24, 2.45) is 5.73 Å². The topological polar surface area (TPSA) is 85.1 Å². The highest BCUT2D eigenvalue weighted by atomic mass is 16.6. The molecule has 0 saturated carbocycles. The summed E-state index contributed by atoms with van der Waals surface area (Å²) in [6.07, 6.45) is 0.824. The fourth-order valence-electron chi connectivity index (χ4n) is 2.95. The van der Waals surface area contributed by atoms with E-state index in [1.165, 1.54) is 7.11 Å². The first-order valence-electron chi connectivity index (χ1n) is 8.80. The zero-order valence-electron chi connectivity index (χ0n) is 15.3. The van der Waals surface area contributed by atoms with E-state index in [0.29, 0.717) is 25.4 Å². The average Bonchev–Trinajstić information content (AvgIpc) is 3.08. The molecule has 0 aliphatic carbocycles. The van der Waals surface area contributed by atoms with E-state index in [-0.39, 0.29) is 12.6 Å². The molecule has 2 N–H and O–H groups in total. The average molecular weight is 369 g/mol. The van der Waals surface area contributed by atoms with Crippen LogP contribution < -0.4 is 20.3 Å². The van der Waals surface area contributed by atoms with E-state index in [9.17, 15) is 9.59 Å². The van der Waals surface area contributed by atoms with Crippen LogP contribution in [-0.2, 0) is 16.0 Å². The smallest absolute Gasteiger partial charge is 0.343 e. The Balaban J connectivity index is 1.65. The number of amides is 2. The quantitative estimate of drug-likeness (QED) is 0.756. The fourth-order valence-corrected chi connectivity index (χ4v) is 2.95. The third-order valence-corrected chi connectivity index (χ3v) is 4.42. The summed E-state index contributed by atoms with van der Waals surface area (Å²) in [4.78, 5) is 27.4. The van der Waals surface area contributed by atoms with E-state index in [4.69, 9.17) is 10.5 Å². The second kappa shape index (κ2) is 8.55. The van der Waals surface area contributed by atoms with Crippen molar-refractivity contribution in [3.63, 3.8) is 0 Å². The molecule has 2 amide bonds. The lowest BCUT2D eigenvalue weighted by Gasteiger charge is -2.19. The highest BCUT2D eigenvalue weighted by Gasteiger charge is 2.30. The SMILES string of the molecule is COC(=O)COc1ccc(N2CCN(c3ccc(CCN)cc3)C2=O)cc1. The van der Waals surface area contributed by atoms with Crippen LogP contribution in [0.4, 0.5) is 16.2 Å². The first kappa shape index (κ1) is 18.7. The molecule has 7 heteroatoms. The van der Waals surface area contributed by atoms with Crippen LogP contribution in [0.3, 0.4) is 0 Å². The number of methoxy groups -OCH3 is 1. The van der Waals surface area contributed by atoms with Gasteiger partial charge in [0.2, 0.25) is 0 Å². The fraction of sp³-hybridized carbons (Fsp3) is 0.300. The molecule has 0 aromatic heterocycles. The standard InChI is InChI=1S/C20H23N3O4/c1-26-19(24)14-27-18-8-6-17(7-9-18)23-13-12-22(20(23)25)16-4-2-15(3-5-16)10-11-21/h2-9H,10-14,21H2,1H3. The van der Waals surface area contributed by atoms with Crippen LogP contribution in [0, 0.1) is 0 Å². The van der Waals surface area contributed by atoms with E-state index in [0.717, 1.165) is 23.4 Å². The van der Waals surface area contributed by atoms with Gasteiger partial charge in [-0.15, -0.1) is 0 Å². The second-order valence-corrected chi connectivity index (χ2v) is 6.15. The Kier molecular flexibility index (Phi) is 5.93. The van der Waals surface area contributed by atoms with Crippen molar-refractivity contribution in [3.8, 4) is 5.75 Å². The number of nitrogens with zero attached hydrogens (tertiary/aromatic N) is 2. The molecule has 1 fully saturated rings. The van der Waals surface area contributed by atoms with Gasteiger partial charge < -0.3 is 15.2 Å². The maximum Gasteiger partial charge on any atom is 0.343 e. The van der Waals surface area contributed by atoms with Crippen LogP contribution in [-0.4, -0.2) is 45.4 Å². The third-order valence-electron chi connectivity index (χ3n) is 4.42. The number of carbonyl (C=O) groups excluding carboxylic acids is 2. The molecule has 1 saturated heterocycles. The number of rotatable bonds is 7. The molecule has 142 valence electrons. The summed E-state index contributed by atoms with van der Waals surface area (Å²) in [7, 11) is 1.31. The number of ether oxygens (including phenoxy) is 2. The molecule has 1 heterocycles. The summed E-state index contributed by atoms with van der Waals surface area (Å²) < 4.78 is 9.86. The molecule has 1 aliphatic rings. The molecule has 2 aromatic carbocycles. The van der Waals surface area contributed by atoms with Gasteiger partial charge in [-0.3, -0.25) is 9.80 Å². The molecule has 0 spiro atoms. The van der Waals surface area contributed by atoms with E-state index >= 15 is 0 Å². The summed E-state index contributed by atoms with van der Waals surface area (Å²) in [5.74, 6) is 0.102. The highest BCUT2D eigenvalue weighted by Crippen LogP contribution is 2.27. The predicted octanol–water partition coefficient (Wildman–Crippen LogP) is 2.19. The Morgan fingerprint density at radius 1 is 1.00 bits per heavy atom. The van der Waals surface area contributed by atoms with Crippen LogP contribution in [0.25, 0.3) is 0 Å². The van der Waals surface area contributed by atoms with Gasteiger partial charge in [-0.1, -0.05) is 12.1 Å². The molecule has 1 aliphatic heterocycles. The summed E-state index contributed by atoms with van der Waals surface area (Å²) >= 11 is 0. The van der Waals surface area contributed by atoms with Gasteiger partial charge in [0.15, 0.2) is 6.61 Å². The predicted molar refractivity (Wildman–Crippen MR) is 103 cm³/mol. The molecule has 27 heavy (non-hydrogen) atoms. The number of carbonyl (C=O) groups is 2. The maximum atomic E-state index is 12.8. The zero-order valence-corrected chi connectivity index (χ0v) is 15.3. The summed E-state index contributed by atoms with van der Waals surface area (Å²) in [5.41, 5.74) is 8.39. The Morgan fingerprint density at radius 3 is 2.07 bits per heavy atom. The molecule has 0 unspecified atom stereocenters. The zero-order chi connectivity index (χ0) is 19.2. The number of anilines is 2. The number of nitrogens with two attached hydrogens (primary N) is 1. The largest absolute Gasteiger partial charge is 0.482 e. The maximum absolute atomic E-state index is 12.8. The summed E-state index contributed by atoms with van der Waals surface area (Å²) in [5, 5.41) is 0. The summed E-state index contributed by atoms with van der Waals surface area (Å²) in [6, 6.07) is 14.9. The van der Waals surface area contributed by atoms with E-state index < -0.39 is 5.97 Å². The van der Waals surface area contributed by atoms with Crippen molar-refractivity contribution in [3.05, 3.63) is 54.1 Å². The number of esters is 1. The minimum absolute atomic E-state index is 0.0650. The van der Waals surface area contributed by atoms with Gasteiger partial charge in [-0.2, -0.15) is 0 Å². The van der Waals surface area contributed by atoms with Crippen molar-refractivity contribution in [2.75, 3.05) is 43.2 Å². The van der Waals surface area contributed by atoms with Gasteiger partial charge in [0.1, 0.15) is 5.75 Å². The monoisotopic (exact) mass is 369 g/mol. The molecule has 2 aromatic rings. The number of hydrogen-bond acceptors (Lipinski definition) is 5. The van der Waals surface area contributed by atoms with Crippen molar-refractivity contribution >= 4 is 23.4 Å². The van der Waals surface area contributed by atoms with Gasteiger partial charge in [0.05, 0.1) is 7.11 Å². The number of urea groups is 1. The lowest BCUT2D eigenvalue weighted by Crippen LogP contribution is -2.31. The molecule has 0 radical (unpaired) electrons. The number of benzene rings is 2. The van der Waals surface area contributed by atoms with E-state index in [2.05, 4.69) is 4.74 Å². The Hall–Kier alpha value is -3.06. The van der Waals surface area contributed by atoms with Crippen molar-refractivity contribution in [1.29, 1.82) is 0 Å². The van der Waals surface area contributed by atoms with Crippen LogP contribution >= 0.6 is 0 Å². The van der Waals surface area contributed by atoms with Gasteiger partial charge in [0, 0.05) is 24.5 Å². The van der Waals surface area contributed by atoms with Gasteiger partial charge in [-0.25, -0.2) is 9.59 Å². The minimum Gasteiger partial charge on any atom is -0.482 e. The molecule has 7 nitrogen and oxygen atoms in total. The van der Waals surface area contributed by atoms with E-state index in [1.807, 2.05) is 24.3 Å². The Morgan fingerprint density at radius 2 is 1.56 bits per heavy atom. The molecule has 0 bridgehead atoms. The first-order chi connectivity index (χ1) is 13.1.